The molecule has 1 aliphatic heterocycles. The number of nitrogens with zero attached hydrogens (tertiary/aromatic N) is 2. The van der Waals surface area contributed by atoms with Crippen LogP contribution in [-0.2, 0) is 6.54 Å². The van der Waals surface area contributed by atoms with Gasteiger partial charge in [-0.05, 0) is 43.5 Å². The number of carbonyl (C=O) groups excluding carboxylic acids is 1. The van der Waals surface area contributed by atoms with Crippen LogP contribution in [0, 0.1) is 0 Å². The molecule has 29 heavy (non-hydrogen) atoms. The van der Waals surface area contributed by atoms with Gasteiger partial charge in [0.05, 0.1) is 11.3 Å². The standard InChI is InChI=1S/C22H26ClN5O/c1-14-10-17(7-9-28(14)13-15-4-3-5-16(23)11-15)27-20-18-6-8-25-21(18)26-12-19(20)22(29)24-2/h3-6,8,11-12,14,17H,7,9-10,13H2,1-2H3,(H,24,29)(H2,25,26,27)/t14-,17-/m0/s1. The van der Waals surface area contributed by atoms with Crippen molar-refractivity contribution >= 4 is 34.2 Å². The number of likely N-dealkylation sites (tertiary alicyclic amines) is 1. The number of hydrogen-bond acceptors (Lipinski definition) is 4. The number of rotatable bonds is 5. The van der Waals surface area contributed by atoms with Crippen LogP contribution in [0.1, 0.15) is 35.7 Å². The number of aromatic nitrogens is 2. The zero-order valence-corrected chi connectivity index (χ0v) is 17.5. The number of halogens is 1. The minimum atomic E-state index is -0.130. The second kappa shape index (κ2) is 8.43. The average molecular weight is 412 g/mol. The highest BCUT2D eigenvalue weighted by Crippen LogP contribution is 2.29. The Kier molecular flexibility index (Phi) is 5.74. The van der Waals surface area contributed by atoms with E-state index < -0.39 is 0 Å². The molecule has 7 heteroatoms. The van der Waals surface area contributed by atoms with Gasteiger partial charge < -0.3 is 15.6 Å². The van der Waals surface area contributed by atoms with E-state index in [4.69, 9.17) is 11.6 Å². The predicted molar refractivity (Wildman–Crippen MR) is 117 cm³/mol. The number of aromatic amines is 1. The van der Waals surface area contributed by atoms with Crippen molar-refractivity contribution in [2.45, 2.75) is 38.4 Å². The first-order chi connectivity index (χ1) is 14.0. The number of hydrogen-bond donors (Lipinski definition) is 3. The maximum atomic E-state index is 12.4. The lowest BCUT2D eigenvalue weighted by molar-refractivity contribution is 0.0963. The van der Waals surface area contributed by atoms with Crippen molar-refractivity contribution in [3.8, 4) is 0 Å². The maximum Gasteiger partial charge on any atom is 0.254 e. The molecule has 1 amide bonds. The van der Waals surface area contributed by atoms with Crippen LogP contribution in [0.15, 0.2) is 42.7 Å². The highest BCUT2D eigenvalue weighted by molar-refractivity contribution is 6.30. The molecule has 0 unspecified atom stereocenters. The summed E-state index contributed by atoms with van der Waals surface area (Å²) in [7, 11) is 1.64. The lowest BCUT2D eigenvalue weighted by Gasteiger charge is -2.38. The van der Waals surface area contributed by atoms with E-state index in [1.54, 1.807) is 13.2 Å². The Morgan fingerprint density at radius 1 is 1.38 bits per heavy atom. The molecule has 2 aromatic heterocycles. The molecule has 0 spiro atoms. The normalized spacial score (nSPS) is 20.0. The van der Waals surface area contributed by atoms with Gasteiger partial charge >= 0.3 is 0 Å². The number of fused-ring (bicyclic) bond motifs is 1. The zero-order chi connectivity index (χ0) is 20.4. The predicted octanol–water partition coefficient (Wildman–Crippen LogP) is 4.04. The molecule has 2 atom stereocenters. The van der Waals surface area contributed by atoms with Crippen LogP contribution in [0.25, 0.3) is 11.0 Å². The molecule has 0 saturated carbocycles. The summed E-state index contributed by atoms with van der Waals surface area (Å²) in [5.41, 5.74) is 3.46. The summed E-state index contributed by atoms with van der Waals surface area (Å²) in [4.78, 5) is 22.4. The van der Waals surface area contributed by atoms with Crippen LogP contribution in [0.5, 0.6) is 0 Å². The van der Waals surface area contributed by atoms with E-state index in [1.807, 2.05) is 30.5 Å². The Balaban J connectivity index is 1.49. The van der Waals surface area contributed by atoms with Gasteiger partial charge in [-0.3, -0.25) is 9.69 Å². The van der Waals surface area contributed by atoms with Gasteiger partial charge in [-0.1, -0.05) is 23.7 Å². The van der Waals surface area contributed by atoms with Gasteiger partial charge in [-0.2, -0.15) is 0 Å². The third kappa shape index (κ3) is 4.23. The molecular formula is C22H26ClN5O. The largest absolute Gasteiger partial charge is 0.381 e. The average Bonchev–Trinajstić information content (AvgIpc) is 3.19. The van der Waals surface area contributed by atoms with Crippen LogP contribution in [0.2, 0.25) is 5.02 Å². The van der Waals surface area contributed by atoms with Gasteiger partial charge in [0.2, 0.25) is 0 Å². The van der Waals surface area contributed by atoms with Crippen molar-refractivity contribution in [3.05, 3.63) is 58.9 Å². The fraction of sp³-hybridized carbons (Fsp3) is 0.364. The fourth-order valence-electron chi connectivity index (χ4n) is 4.13. The highest BCUT2D eigenvalue weighted by atomic mass is 35.5. The third-order valence-corrected chi connectivity index (χ3v) is 5.93. The molecule has 1 aliphatic rings. The van der Waals surface area contributed by atoms with E-state index in [0.717, 1.165) is 47.7 Å². The number of nitrogens with one attached hydrogen (secondary N) is 3. The smallest absolute Gasteiger partial charge is 0.254 e. The number of benzene rings is 1. The molecule has 0 bridgehead atoms. The number of piperidine rings is 1. The molecule has 152 valence electrons. The number of amides is 1. The van der Waals surface area contributed by atoms with Gasteiger partial charge in [0.25, 0.3) is 5.91 Å². The molecule has 0 radical (unpaired) electrons. The SMILES string of the molecule is CNC(=O)c1cnc2[nH]ccc2c1N[C@H]1CCN(Cc2cccc(Cl)c2)[C@@H](C)C1. The van der Waals surface area contributed by atoms with Crippen LogP contribution >= 0.6 is 11.6 Å². The van der Waals surface area contributed by atoms with E-state index in [2.05, 4.69) is 38.5 Å². The Morgan fingerprint density at radius 3 is 3.00 bits per heavy atom. The first-order valence-electron chi connectivity index (χ1n) is 9.98. The molecule has 1 fully saturated rings. The van der Waals surface area contributed by atoms with Crippen LogP contribution in [0.3, 0.4) is 0 Å². The minimum Gasteiger partial charge on any atom is -0.381 e. The summed E-state index contributed by atoms with van der Waals surface area (Å²) >= 11 is 6.13. The van der Waals surface area contributed by atoms with Crippen molar-refractivity contribution in [1.82, 2.24) is 20.2 Å². The lowest BCUT2D eigenvalue weighted by atomic mass is 9.96. The molecule has 1 saturated heterocycles. The summed E-state index contributed by atoms with van der Waals surface area (Å²) in [6.45, 7) is 4.15. The number of anilines is 1. The Morgan fingerprint density at radius 2 is 2.24 bits per heavy atom. The summed E-state index contributed by atoms with van der Waals surface area (Å²) < 4.78 is 0. The summed E-state index contributed by atoms with van der Waals surface area (Å²) in [5.74, 6) is -0.130. The van der Waals surface area contributed by atoms with Crippen molar-refractivity contribution in [2.24, 2.45) is 0 Å². The topological polar surface area (TPSA) is 73.0 Å². The van der Waals surface area contributed by atoms with Crippen molar-refractivity contribution < 1.29 is 4.79 Å². The fourth-order valence-corrected chi connectivity index (χ4v) is 4.34. The van der Waals surface area contributed by atoms with Crippen molar-refractivity contribution in [2.75, 3.05) is 18.9 Å². The molecule has 6 nitrogen and oxygen atoms in total. The van der Waals surface area contributed by atoms with Crippen LogP contribution < -0.4 is 10.6 Å². The van der Waals surface area contributed by atoms with Gasteiger partial charge in [0.1, 0.15) is 5.65 Å². The van der Waals surface area contributed by atoms with Crippen LogP contribution in [-0.4, -0.2) is 46.5 Å². The van der Waals surface area contributed by atoms with Crippen molar-refractivity contribution in [3.63, 3.8) is 0 Å². The summed E-state index contributed by atoms with van der Waals surface area (Å²) in [6, 6.07) is 10.8. The highest BCUT2D eigenvalue weighted by Gasteiger charge is 2.27. The van der Waals surface area contributed by atoms with E-state index in [0.29, 0.717) is 17.6 Å². The summed E-state index contributed by atoms with van der Waals surface area (Å²) in [6.07, 6.45) is 5.50. The maximum absolute atomic E-state index is 12.4. The molecule has 4 rings (SSSR count). The Labute approximate surface area is 175 Å². The number of pyridine rings is 1. The second-order valence-electron chi connectivity index (χ2n) is 7.68. The Bertz CT molecular complexity index is 1020. The quantitative estimate of drug-likeness (QED) is 0.592. The zero-order valence-electron chi connectivity index (χ0n) is 16.7. The molecule has 1 aromatic carbocycles. The van der Waals surface area contributed by atoms with Crippen LogP contribution in [0.4, 0.5) is 5.69 Å². The van der Waals surface area contributed by atoms with Gasteiger partial charge in [-0.15, -0.1) is 0 Å². The Hall–Kier alpha value is -2.57. The molecular weight excluding hydrogens is 386 g/mol. The molecule has 0 aliphatic carbocycles. The lowest BCUT2D eigenvalue weighted by Crippen LogP contribution is -2.44. The monoisotopic (exact) mass is 411 g/mol. The second-order valence-corrected chi connectivity index (χ2v) is 8.12. The summed E-state index contributed by atoms with van der Waals surface area (Å²) in [5, 5.41) is 8.09. The first-order valence-corrected chi connectivity index (χ1v) is 10.4. The van der Waals surface area contributed by atoms with E-state index >= 15 is 0 Å². The molecule has 3 aromatic rings. The van der Waals surface area contributed by atoms with E-state index in [1.165, 1.54) is 5.56 Å². The first kappa shape index (κ1) is 19.7. The van der Waals surface area contributed by atoms with Gasteiger partial charge in [0, 0.05) is 55.0 Å². The minimum absolute atomic E-state index is 0.130. The van der Waals surface area contributed by atoms with E-state index in [-0.39, 0.29) is 5.91 Å². The van der Waals surface area contributed by atoms with Crippen molar-refractivity contribution in [1.29, 1.82) is 0 Å². The third-order valence-electron chi connectivity index (χ3n) is 5.70. The number of carbonyl (C=O) groups is 1. The van der Waals surface area contributed by atoms with Gasteiger partial charge in [0.15, 0.2) is 0 Å². The van der Waals surface area contributed by atoms with E-state index in [9.17, 15) is 4.79 Å². The number of H-pyrrole nitrogens is 1. The van der Waals surface area contributed by atoms with Gasteiger partial charge in [-0.25, -0.2) is 4.98 Å². The molecule has 3 heterocycles. The molecule has 3 N–H and O–H groups in total.